The lowest BCUT2D eigenvalue weighted by atomic mass is 9.89. The summed E-state index contributed by atoms with van der Waals surface area (Å²) in [6.45, 7) is 9.42. The van der Waals surface area contributed by atoms with Gasteiger partial charge in [-0.15, -0.1) is 0 Å². The van der Waals surface area contributed by atoms with Gasteiger partial charge in [-0.2, -0.15) is 0 Å². The molecule has 6 heteroatoms. The zero-order valence-corrected chi connectivity index (χ0v) is 14.7. The number of carbonyl (C=O) groups is 1. The molecule has 2 saturated heterocycles. The van der Waals surface area contributed by atoms with Crippen LogP contribution >= 0.6 is 0 Å². The van der Waals surface area contributed by atoms with Crippen LogP contribution in [0, 0.1) is 0 Å². The number of likely N-dealkylation sites (tertiary alicyclic amines) is 1. The van der Waals surface area contributed by atoms with Gasteiger partial charge in [-0.3, -0.25) is 4.90 Å². The molecule has 1 atom stereocenters. The maximum atomic E-state index is 15.0. The van der Waals surface area contributed by atoms with Gasteiger partial charge >= 0.3 is 6.09 Å². The van der Waals surface area contributed by atoms with Crippen LogP contribution in [0.15, 0.2) is 0 Å². The number of carbonyl (C=O) groups excluding carboxylic acids is 1. The molecular weight excluding hydrogens is 297 g/mol. The zero-order chi connectivity index (χ0) is 16.7. The van der Waals surface area contributed by atoms with Gasteiger partial charge in [0.1, 0.15) is 5.67 Å². The number of hydrogen-bond acceptors (Lipinski definition) is 4. The van der Waals surface area contributed by atoms with E-state index in [1.54, 1.807) is 4.90 Å². The standard InChI is InChI=1S/C17H32FN3O2/c1-3-4-13-23-16(22)21-10-6-17(18,7-11-21)5-9-20-12-8-19-14-15(20)2/h15,19H,3-14H2,1-2H3/t15-/m0/s1. The van der Waals surface area contributed by atoms with E-state index < -0.39 is 5.67 Å². The Labute approximate surface area is 139 Å². The second-order valence-corrected chi connectivity index (χ2v) is 6.94. The Morgan fingerprint density at radius 2 is 2.09 bits per heavy atom. The van der Waals surface area contributed by atoms with Crippen molar-refractivity contribution in [1.82, 2.24) is 15.1 Å². The van der Waals surface area contributed by atoms with E-state index in [1.807, 2.05) is 0 Å². The zero-order valence-electron chi connectivity index (χ0n) is 14.7. The Morgan fingerprint density at radius 3 is 2.74 bits per heavy atom. The summed E-state index contributed by atoms with van der Waals surface area (Å²) in [4.78, 5) is 15.9. The van der Waals surface area contributed by atoms with Gasteiger partial charge in [0.15, 0.2) is 0 Å². The fourth-order valence-electron chi connectivity index (χ4n) is 3.29. The lowest BCUT2D eigenvalue weighted by molar-refractivity contribution is 0.0278. The topological polar surface area (TPSA) is 44.8 Å². The summed E-state index contributed by atoms with van der Waals surface area (Å²) in [6.07, 6.45) is 3.03. The first kappa shape index (κ1) is 18.5. The molecule has 2 fully saturated rings. The lowest BCUT2D eigenvalue weighted by Gasteiger charge is -2.39. The molecule has 5 nitrogen and oxygen atoms in total. The van der Waals surface area contributed by atoms with Gasteiger partial charge in [0, 0.05) is 45.3 Å². The van der Waals surface area contributed by atoms with Crippen LogP contribution in [0.25, 0.3) is 0 Å². The Kier molecular flexibility index (Phi) is 7.09. The average Bonchev–Trinajstić information content (AvgIpc) is 2.55. The highest BCUT2D eigenvalue weighted by Gasteiger charge is 2.37. The first-order valence-corrected chi connectivity index (χ1v) is 9.09. The number of nitrogens with zero attached hydrogens (tertiary/aromatic N) is 2. The monoisotopic (exact) mass is 329 g/mol. The molecule has 2 heterocycles. The maximum absolute atomic E-state index is 15.0. The van der Waals surface area contributed by atoms with E-state index in [0.717, 1.165) is 39.0 Å². The average molecular weight is 329 g/mol. The van der Waals surface area contributed by atoms with E-state index in [4.69, 9.17) is 4.74 Å². The molecule has 134 valence electrons. The summed E-state index contributed by atoms with van der Waals surface area (Å²) in [5.41, 5.74) is -1.13. The molecule has 0 bridgehead atoms. The summed E-state index contributed by atoms with van der Waals surface area (Å²) < 4.78 is 20.2. The fraction of sp³-hybridized carbons (Fsp3) is 0.941. The third kappa shape index (κ3) is 5.60. The van der Waals surface area contributed by atoms with Gasteiger partial charge in [-0.1, -0.05) is 13.3 Å². The Morgan fingerprint density at radius 1 is 1.35 bits per heavy atom. The van der Waals surface area contributed by atoms with Crippen LogP contribution in [-0.4, -0.2) is 73.5 Å². The quantitative estimate of drug-likeness (QED) is 0.760. The summed E-state index contributed by atoms with van der Waals surface area (Å²) in [5, 5.41) is 3.36. The van der Waals surface area contributed by atoms with Crippen molar-refractivity contribution in [2.75, 3.05) is 45.9 Å². The molecule has 0 aromatic heterocycles. The van der Waals surface area contributed by atoms with E-state index in [0.29, 0.717) is 45.0 Å². The van der Waals surface area contributed by atoms with Gasteiger partial charge in [0.2, 0.25) is 0 Å². The van der Waals surface area contributed by atoms with Crippen molar-refractivity contribution < 1.29 is 13.9 Å². The van der Waals surface area contributed by atoms with Crippen molar-refractivity contribution in [1.29, 1.82) is 0 Å². The van der Waals surface area contributed by atoms with Crippen LogP contribution < -0.4 is 5.32 Å². The molecule has 0 aliphatic carbocycles. The van der Waals surface area contributed by atoms with E-state index >= 15 is 0 Å². The number of unbranched alkanes of at least 4 members (excludes halogenated alkanes) is 1. The summed E-state index contributed by atoms with van der Waals surface area (Å²) >= 11 is 0. The molecule has 0 radical (unpaired) electrons. The molecule has 0 aromatic carbocycles. The van der Waals surface area contributed by atoms with Crippen LogP contribution in [-0.2, 0) is 4.74 Å². The molecule has 2 aliphatic heterocycles. The highest BCUT2D eigenvalue weighted by Crippen LogP contribution is 2.30. The minimum absolute atomic E-state index is 0.281. The number of hydrogen-bond donors (Lipinski definition) is 1. The lowest BCUT2D eigenvalue weighted by Crippen LogP contribution is -2.52. The maximum Gasteiger partial charge on any atom is 0.409 e. The molecule has 2 aliphatic rings. The molecule has 0 spiro atoms. The fourth-order valence-corrected chi connectivity index (χ4v) is 3.29. The van der Waals surface area contributed by atoms with Gasteiger partial charge in [0.05, 0.1) is 6.61 Å². The van der Waals surface area contributed by atoms with Gasteiger partial charge in [-0.25, -0.2) is 9.18 Å². The van der Waals surface area contributed by atoms with Crippen molar-refractivity contribution in [2.45, 2.75) is 57.7 Å². The van der Waals surface area contributed by atoms with Crippen LogP contribution in [0.4, 0.5) is 9.18 Å². The number of rotatable bonds is 6. The van der Waals surface area contributed by atoms with Crippen molar-refractivity contribution in [3.05, 3.63) is 0 Å². The Balaban J connectivity index is 1.70. The SMILES string of the molecule is CCCCOC(=O)N1CCC(F)(CCN2CCNC[C@@H]2C)CC1. The van der Waals surface area contributed by atoms with Gasteiger partial charge in [0.25, 0.3) is 0 Å². The number of nitrogens with one attached hydrogen (secondary N) is 1. The third-order valence-electron chi connectivity index (χ3n) is 5.13. The third-order valence-corrected chi connectivity index (χ3v) is 5.13. The van der Waals surface area contributed by atoms with Crippen molar-refractivity contribution >= 4 is 6.09 Å². The summed E-state index contributed by atoms with van der Waals surface area (Å²) in [7, 11) is 0. The van der Waals surface area contributed by atoms with E-state index in [9.17, 15) is 9.18 Å². The first-order valence-electron chi connectivity index (χ1n) is 9.09. The summed E-state index contributed by atoms with van der Waals surface area (Å²) in [5.74, 6) is 0. The highest BCUT2D eigenvalue weighted by atomic mass is 19.1. The number of halogens is 1. The Bertz CT molecular complexity index is 373. The molecular formula is C17H32FN3O2. The van der Waals surface area contributed by atoms with Crippen LogP contribution in [0.2, 0.25) is 0 Å². The normalized spacial score (nSPS) is 25.3. The molecule has 0 unspecified atom stereocenters. The van der Waals surface area contributed by atoms with Crippen LogP contribution in [0.1, 0.15) is 46.0 Å². The number of alkyl halides is 1. The molecule has 0 saturated carbocycles. The Hall–Kier alpha value is -0.880. The van der Waals surface area contributed by atoms with Crippen LogP contribution in [0.3, 0.4) is 0 Å². The van der Waals surface area contributed by atoms with E-state index in [1.165, 1.54) is 0 Å². The number of piperazine rings is 1. The molecule has 0 aromatic rings. The summed E-state index contributed by atoms with van der Waals surface area (Å²) in [6, 6.07) is 0.473. The van der Waals surface area contributed by atoms with Crippen molar-refractivity contribution in [2.24, 2.45) is 0 Å². The first-order chi connectivity index (χ1) is 11.0. The van der Waals surface area contributed by atoms with Gasteiger partial charge in [-0.05, 0) is 32.6 Å². The molecule has 1 N–H and O–H groups in total. The second-order valence-electron chi connectivity index (χ2n) is 6.94. The highest BCUT2D eigenvalue weighted by molar-refractivity contribution is 5.67. The van der Waals surface area contributed by atoms with Crippen LogP contribution in [0.5, 0.6) is 0 Å². The van der Waals surface area contributed by atoms with Crippen molar-refractivity contribution in [3.8, 4) is 0 Å². The minimum atomic E-state index is -1.13. The molecule has 2 rings (SSSR count). The number of ether oxygens (including phenoxy) is 1. The molecule has 23 heavy (non-hydrogen) atoms. The van der Waals surface area contributed by atoms with Gasteiger partial charge < -0.3 is 15.0 Å². The van der Waals surface area contributed by atoms with E-state index in [-0.39, 0.29) is 6.09 Å². The van der Waals surface area contributed by atoms with Crippen molar-refractivity contribution in [3.63, 3.8) is 0 Å². The number of piperidine rings is 1. The van der Waals surface area contributed by atoms with E-state index in [2.05, 4.69) is 24.1 Å². The second kappa shape index (κ2) is 8.83. The largest absolute Gasteiger partial charge is 0.449 e. The smallest absolute Gasteiger partial charge is 0.409 e. The minimum Gasteiger partial charge on any atom is -0.449 e. The predicted octanol–water partition coefficient (Wildman–Crippen LogP) is 2.41. The number of amides is 1. The predicted molar refractivity (Wildman–Crippen MR) is 89.4 cm³/mol. The molecule has 1 amide bonds.